The molecular formula is C21H25FNO2+. The van der Waals surface area contributed by atoms with Crippen molar-refractivity contribution in [3.63, 3.8) is 0 Å². The Balaban J connectivity index is 1.80. The third-order valence-electron chi connectivity index (χ3n) is 4.97. The number of rotatable bonds is 4. The summed E-state index contributed by atoms with van der Waals surface area (Å²) < 4.78 is 20.1. The molecule has 3 rings (SSSR count). The normalized spacial score (nSPS) is 18.5. The first-order chi connectivity index (χ1) is 11.9. The minimum atomic E-state index is -0.522. The maximum Gasteiger partial charge on any atom is 0.318 e. The second kappa shape index (κ2) is 7.36. The Morgan fingerprint density at radius 2 is 1.56 bits per heavy atom. The van der Waals surface area contributed by atoms with Gasteiger partial charge < -0.3 is 9.22 Å². The first-order valence-electron chi connectivity index (χ1n) is 8.77. The summed E-state index contributed by atoms with van der Waals surface area (Å²) in [5.41, 5.74) is 1.62. The fraction of sp³-hybridized carbons (Fsp3) is 0.381. The highest BCUT2D eigenvalue weighted by Crippen LogP contribution is 2.28. The molecule has 132 valence electrons. The Hall–Kier alpha value is -2.20. The van der Waals surface area contributed by atoms with Crippen LogP contribution >= 0.6 is 0 Å². The van der Waals surface area contributed by atoms with Crippen LogP contribution in [0.4, 0.5) is 4.39 Å². The molecule has 0 amide bonds. The first kappa shape index (κ1) is 17.6. The van der Waals surface area contributed by atoms with E-state index >= 15 is 0 Å². The minimum absolute atomic E-state index is 0.0367. The molecule has 0 saturated carbocycles. The molecular weight excluding hydrogens is 317 g/mol. The number of quaternary nitrogens is 1. The molecule has 1 aliphatic heterocycles. The Morgan fingerprint density at radius 1 is 1.00 bits per heavy atom. The number of hydrogen-bond acceptors (Lipinski definition) is 2. The van der Waals surface area contributed by atoms with Gasteiger partial charge in [0.05, 0.1) is 27.2 Å². The summed E-state index contributed by atoms with van der Waals surface area (Å²) in [6.45, 7) is 2.01. The van der Waals surface area contributed by atoms with Crippen molar-refractivity contribution in [2.24, 2.45) is 0 Å². The van der Waals surface area contributed by atoms with Crippen LogP contribution in [0, 0.1) is 5.82 Å². The quantitative estimate of drug-likeness (QED) is 0.625. The fourth-order valence-corrected chi connectivity index (χ4v) is 3.36. The van der Waals surface area contributed by atoms with Gasteiger partial charge in [-0.1, -0.05) is 42.5 Å². The number of benzene rings is 2. The zero-order chi connectivity index (χ0) is 17.9. The van der Waals surface area contributed by atoms with Crippen molar-refractivity contribution in [3.05, 3.63) is 71.5 Å². The lowest BCUT2D eigenvalue weighted by atomic mass is 9.91. The number of piperidine rings is 1. The summed E-state index contributed by atoms with van der Waals surface area (Å²) in [6.07, 6.45) is 1.72. The number of halogens is 1. The Bertz CT molecular complexity index is 702. The van der Waals surface area contributed by atoms with Crippen LogP contribution in [0.2, 0.25) is 0 Å². The average Bonchev–Trinajstić information content (AvgIpc) is 2.60. The molecule has 1 atom stereocenters. The average molecular weight is 342 g/mol. The molecule has 1 saturated heterocycles. The Labute approximate surface area is 148 Å². The van der Waals surface area contributed by atoms with Crippen LogP contribution in [0.25, 0.3) is 0 Å². The summed E-state index contributed by atoms with van der Waals surface area (Å²) in [6, 6.07) is 15.6. The highest BCUT2D eigenvalue weighted by atomic mass is 19.1. The number of ether oxygens (including phenoxy) is 1. The summed E-state index contributed by atoms with van der Waals surface area (Å²) in [7, 11) is 4.40. The van der Waals surface area contributed by atoms with Crippen molar-refractivity contribution < 1.29 is 18.4 Å². The molecule has 0 bridgehead atoms. The van der Waals surface area contributed by atoms with E-state index < -0.39 is 5.92 Å². The van der Waals surface area contributed by atoms with Gasteiger partial charge in [0, 0.05) is 12.8 Å². The van der Waals surface area contributed by atoms with Crippen LogP contribution in [0.3, 0.4) is 0 Å². The van der Waals surface area contributed by atoms with Gasteiger partial charge in [0.15, 0.2) is 0 Å². The first-order valence-corrected chi connectivity index (χ1v) is 8.77. The van der Waals surface area contributed by atoms with Gasteiger partial charge in [0.25, 0.3) is 0 Å². The molecule has 1 unspecified atom stereocenters. The van der Waals surface area contributed by atoms with E-state index in [1.165, 1.54) is 12.1 Å². The van der Waals surface area contributed by atoms with Crippen molar-refractivity contribution in [1.82, 2.24) is 0 Å². The van der Waals surface area contributed by atoms with Crippen molar-refractivity contribution >= 4 is 5.97 Å². The monoisotopic (exact) mass is 342 g/mol. The Kier molecular flexibility index (Phi) is 5.19. The minimum Gasteiger partial charge on any atom is -0.461 e. The van der Waals surface area contributed by atoms with Gasteiger partial charge in [0.2, 0.25) is 0 Å². The van der Waals surface area contributed by atoms with Crippen LogP contribution in [0.1, 0.15) is 29.9 Å². The van der Waals surface area contributed by atoms with Gasteiger partial charge >= 0.3 is 5.97 Å². The molecule has 2 aromatic carbocycles. The molecule has 4 heteroatoms. The van der Waals surface area contributed by atoms with Crippen molar-refractivity contribution in [1.29, 1.82) is 0 Å². The lowest BCUT2D eigenvalue weighted by molar-refractivity contribution is -0.896. The highest BCUT2D eigenvalue weighted by Gasteiger charge is 2.31. The predicted octanol–water partition coefficient (Wildman–Crippen LogP) is 3.74. The van der Waals surface area contributed by atoms with Gasteiger partial charge in [-0.3, -0.25) is 4.79 Å². The van der Waals surface area contributed by atoms with E-state index in [1.54, 1.807) is 12.1 Å². The number of hydrogen-bond donors (Lipinski definition) is 0. The van der Waals surface area contributed by atoms with Gasteiger partial charge in [-0.25, -0.2) is 4.39 Å². The number of nitrogens with zero attached hydrogens (tertiary/aromatic N) is 1. The summed E-state index contributed by atoms with van der Waals surface area (Å²) in [4.78, 5) is 12.9. The molecule has 3 nitrogen and oxygen atoms in total. The highest BCUT2D eigenvalue weighted by molar-refractivity contribution is 5.82. The van der Waals surface area contributed by atoms with Gasteiger partial charge in [-0.2, -0.15) is 0 Å². The summed E-state index contributed by atoms with van der Waals surface area (Å²) in [5, 5.41) is 0. The third kappa shape index (κ3) is 4.45. The molecule has 0 spiro atoms. The molecule has 1 heterocycles. The number of esters is 1. The second-order valence-corrected chi connectivity index (χ2v) is 7.41. The maximum atomic E-state index is 13.3. The number of carbonyl (C=O) groups is 1. The molecule has 2 aromatic rings. The van der Waals surface area contributed by atoms with Crippen LogP contribution in [-0.4, -0.2) is 43.7 Å². The molecule has 0 N–H and O–H groups in total. The van der Waals surface area contributed by atoms with E-state index in [-0.39, 0.29) is 17.9 Å². The van der Waals surface area contributed by atoms with Crippen LogP contribution in [-0.2, 0) is 9.53 Å². The molecule has 0 aliphatic carbocycles. The van der Waals surface area contributed by atoms with Crippen LogP contribution in [0.5, 0.6) is 0 Å². The van der Waals surface area contributed by atoms with Gasteiger partial charge in [-0.05, 0) is 23.3 Å². The molecule has 0 aromatic heterocycles. The molecule has 1 aliphatic rings. The molecule has 0 radical (unpaired) electrons. The standard InChI is InChI=1S/C21H25FNO2/c1-23(2)14-12-19(13-15-23)25-21(24)20(16-6-4-3-5-7-16)17-8-10-18(22)11-9-17/h3-11,19-20H,12-15H2,1-2H3/q+1. The summed E-state index contributed by atoms with van der Waals surface area (Å²) >= 11 is 0. The van der Waals surface area contributed by atoms with Gasteiger partial charge in [0.1, 0.15) is 17.8 Å². The van der Waals surface area contributed by atoms with Crippen molar-refractivity contribution in [2.75, 3.05) is 27.2 Å². The lowest BCUT2D eigenvalue weighted by Crippen LogP contribution is -2.48. The van der Waals surface area contributed by atoms with Crippen molar-refractivity contribution in [3.8, 4) is 0 Å². The largest absolute Gasteiger partial charge is 0.461 e. The third-order valence-corrected chi connectivity index (χ3v) is 4.97. The van der Waals surface area contributed by atoms with Crippen LogP contribution in [0.15, 0.2) is 54.6 Å². The molecule has 25 heavy (non-hydrogen) atoms. The van der Waals surface area contributed by atoms with Crippen molar-refractivity contribution in [2.45, 2.75) is 24.9 Å². The van der Waals surface area contributed by atoms with Crippen LogP contribution < -0.4 is 0 Å². The Morgan fingerprint density at radius 3 is 2.16 bits per heavy atom. The van der Waals surface area contributed by atoms with E-state index in [0.29, 0.717) is 0 Å². The topological polar surface area (TPSA) is 26.3 Å². The second-order valence-electron chi connectivity index (χ2n) is 7.41. The molecule has 1 fully saturated rings. The van der Waals surface area contributed by atoms with E-state index in [4.69, 9.17) is 4.74 Å². The fourth-order valence-electron chi connectivity index (χ4n) is 3.36. The zero-order valence-electron chi connectivity index (χ0n) is 14.8. The zero-order valence-corrected chi connectivity index (χ0v) is 14.8. The van der Waals surface area contributed by atoms with E-state index in [9.17, 15) is 9.18 Å². The van der Waals surface area contributed by atoms with E-state index in [2.05, 4.69) is 14.1 Å². The smallest absolute Gasteiger partial charge is 0.318 e. The van der Waals surface area contributed by atoms with Gasteiger partial charge in [-0.15, -0.1) is 0 Å². The SMILES string of the molecule is C[N+]1(C)CCC(OC(=O)C(c2ccccc2)c2ccc(F)cc2)CC1. The van der Waals surface area contributed by atoms with E-state index in [1.807, 2.05) is 30.3 Å². The lowest BCUT2D eigenvalue weighted by Gasteiger charge is -2.37. The number of likely N-dealkylation sites (tertiary alicyclic amines) is 1. The maximum absolute atomic E-state index is 13.3. The predicted molar refractivity (Wildman–Crippen MR) is 95.6 cm³/mol. The summed E-state index contributed by atoms with van der Waals surface area (Å²) in [5.74, 6) is -1.09. The number of carbonyl (C=O) groups excluding carboxylic acids is 1. The van der Waals surface area contributed by atoms with E-state index in [0.717, 1.165) is 41.5 Å².